The van der Waals surface area contributed by atoms with Gasteiger partial charge in [-0.25, -0.2) is 9.97 Å². The number of rotatable bonds is 5. The molecule has 11 heteroatoms. The summed E-state index contributed by atoms with van der Waals surface area (Å²) in [7, 11) is 0. The third-order valence-corrected chi connectivity index (χ3v) is 6.26. The molecule has 7 nitrogen and oxygen atoms in total. The quantitative estimate of drug-likeness (QED) is 0.503. The van der Waals surface area contributed by atoms with Crippen molar-refractivity contribution in [3.05, 3.63) is 65.3 Å². The second-order valence-electron chi connectivity index (χ2n) is 7.61. The monoisotopic (exact) mass is 477 g/mol. The van der Waals surface area contributed by atoms with Crippen molar-refractivity contribution in [1.29, 1.82) is 0 Å². The minimum Gasteiger partial charge on any atom is -0.361 e. The van der Waals surface area contributed by atoms with Crippen molar-refractivity contribution in [2.24, 2.45) is 0 Å². The summed E-state index contributed by atoms with van der Waals surface area (Å²) < 4.78 is 43.5. The summed E-state index contributed by atoms with van der Waals surface area (Å²) in [4.78, 5) is 25.3. The molecule has 0 spiro atoms. The van der Waals surface area contributed by atoms with Gasteiger partial charge in [-0.3, -0.25) is 4.79 Å². The van der Waals surface area contributed by atoms with Gasteiger partial charge in [0.05, 0.1) is 16.8 Å². The molecule has 0 radical (unpaired) electrons. The van der Waals surface area contributed by atoms with E-state index >= 15 is 0 Å². The van der Waals surface area contributed by atoms with Crippen LogP contribution in [0.5, 0.6) is 0 Å². The highest BCUT2D eigenvalue weighted by Crippen LogP contribution is 2.30. The van der Waals surface area contributed by atoms with Crippen LogP contribution in [0, 0.1) is 6.92 Å². The average Bonchev–Trinajstić information content (AvgIpc) is 3.07. The maximum Gasteiger partial charge on any atom is 0.417 e. The van der Waals surface area contributed by atoms with Gasteiger partial charge in [0.15, 0.2) is 0 Å². The van der Waals surface area contributed by atoms with Gasteiger partial charge in [-0.2, -0.15) is 13.2 Å². The Bertz CT molecular complexity index is 1100. The molecule has 1 fully saturated rings. The molecule has 1 saturated heterocycles. The molecule has 3 aromatic heterocycles. The highest BCUT2D eigenvalue weighted by atomic mass is 32.2. The molecule has 0 bridgehead atoms. The zero-order chi connectivity index (χ0) is 23.4. The van der Waals surface area contributed by atoms with Crippen molar-refractivity contribution in [3.8, 4) is 0 Å². The molecule has 0 saturated carbocycles. The van der Waals surface area contributed by atoms with Crippen molar-refractivity contribution in [2.75, 3.05) is 31.1 Å². The molecule has 0 N–H and O–H groups in total. The van der Waals surface area contributed by atoms with E-state index in [9.17, 15) is 18.0 Å². The van der Waals surface area contributed by atoms with Crippen LogP contribution in [0.15, 0.2) is 52.3 Å². The fourth-order valence-corrected chi connectivity index (χ4v) is 4.42. The molecule has 0 atom stereocenters. The minimum absolute atomic E-state index is 0.121. The first kappa shape index (κ1) is 23.1. The lowest BCUT2D eigenvalue weighted by Crippen LogP contribution is -2.35. The van der Waals surface area contributed by atoms with Crippen LogP contribution in [-0.2, 0) is 11.9 Å². The van der Waals surface area contributed by atoms with E-state index < -0.39 is 11.7 Å². The van der Waals surface area contributed by atoms with Crippen molar-refractivity contribution >= 4 is 23.5 Å². The highest BCUT2D eigenvalue weighted by molar-refractivity contribution is 7.98. The minimum atomic E-state index is -4.42. The lowest BCUT2D eigenvalue weighted by atomic mass is 10.2. The van der Waals surface area contributed by atoms with Crippen LogP contribution in [0.2, 0.25) is 0 Å². The number of anilines is 1. The van der Waals surface area contributed by atoms with Crippen molar-refractivity contribution in [2.45, 2.75) is 30.3 Å². The maximum absolute atomic E-state index is 13.3. The molecule has 4 rings (SSSR count). The van der Waals surface area contributed by atoms with E-state index in [0.29, 0.717) is 54.8 Å². The summed E-state index contributed by atoms with van der Waals surface area (Å²) in [5.41, 5.74) is 0.514. The molecule has 1 aliphatic rings. The van der Waals surface area contributed by atoms with Gasteiger partial charge in [-0.1, -0.05) is 16.9 Å². The van der Waals surface area contributed by atoms with E-state index in [4.69, 9.17) is 4.52 Å². The van der Waals surface area contributed by atoms with E-state index in [1.54, 1.807) is 23.2 Å². The summed E-state index contributed by atoms with van der Waals surface area (Å²) in [6, 6.07) is 7.74. The number of hydrogen-bond acceptors (Lipinski definition) is 7. The Balaban J connectivity index is 1.41. The predicted octanol–water partition coefficient (Wildman–Crippen LogP) is 4.44. The molecule has 174 valence electrons. The summed E-state index contributed by atoms with van der Waals surface area (Å²) in [6.07, 6.45) is -1.25. The number of alkyl halides is 3. The topological polar surface area (TPSA) is 75.4 Å². The summed E-state index contributed by atoms with van der Waals surface area (Å²) in [5.74, 6) is 1.60. The number of carbonyl (C=O) groups is 1. The van der Waals surface area contributed by atoms with E-state index in [0.717, 1.165) is 23.7 Å². The fraction of sp³-hybridized carbons (Fsp3) is 0.364. The van der Waals surface area contributed by atoms with Gasteiger partial charge >= 0.3 is 6.18 Å². The Kier molecular flexibility index (Phi) is 6.87. The van der Waals surface area contributed by atoms with Crippen molar-refractivity contribution in [1.82, 2.24) is 20.0 Å². The zero-order valence-electron chi connectivity index (χ0n) is 17.9. The van der Waals surface area contributed by atoms with E-state index in [-0.39, 0.29) is 5.91 Å². The van der Waals surface area contributed by atoms with Crippen LogP contribution >= 0.6 is 11.8 Å². The van der Waals surface area contributed by atoms with Gasteiger partial charge in [-0.15, -0.1) is 0 Å². The molecule has 3 aromatic rings. The second-order valence-corrected chi connectivity index (χ2v) is 8.57. The number of hydrogen-bond donors (Lipinski definition) is 0. The standard InChI is InChI=1S/C22H22F3N5O2S/c1-15-12-17(28-32-15)14-33-20-18(4-2-7-26-20)21(31)30-9-3-8-29(10-11-30)19-6-5-16(13-27-19)22(23,24)25/h2,4-7,12-13H,3,8-11,14H2,1H3. The number of halogens is 3. The Morgan fingerprint density at radius 3 is 2.70 bits per heavy atom. The number of aryl methyl sites for hydroxylation is 1. The number of amides is 1. The van der Waals surface area contributed by atoms with Crippen LogP contribution in [0.1, 0.15) is 33.8 Å². The van der Waals surface area contributed by atoms with Crippen LogP contribution < -0.4 is 4.90 Å². The zero-order valence-corrected chi connectivity index (χ0v) is 18.7. The third kappa shape index (κ3) is 5.65. The smallest absolute Gasteiger partial charge is 0.361 e. The van der Waals surface area contributed by atoms with E-state index in [2.05, 4.69) is 15.1 Å². The average molecular weight is 478 g/mol. The fourth-order valence-electron chi connectivity index (χ4n) is 3.56. The first-order valence-electron chi connectivity index (χ1n) is 10.4. The Morgan fingerprint density at radius 2 is 2.00 bits per heavy atom. The number of carbonyl (C=O) groups excluding carboxylic acids is 1. The molecular weight excluding hydrogens is 455 g/mol. The van der Waals surface area contributed by atoms with Crippen molar-refractivity contribution in [3.63, 3.8) is 0 Å². The van der Waals surface area contributed by atoms with Crippen molar-refractivity contribution < 1.29 is 22.5 Å². The molecule has 1 amide bonds. The highest BCUT2D eigenvalue weighted by Gasteiger charge is 2.31. The molecular formula is C22H22F3N5O2S. The van der Waals surface area contributed by atoms with Gasteiger partial charge in [-0.05, 0) is 37.6 Å². The maximum atomic E-state index is 13.3. The summed E-state index contributed by atoms with van der Waals surface area (Å²) in [5, 5.41) is 4.59. The second kappa shape index (κ2) is 9.82. The summed E-state index contributed by atoms with van der Waals surface area (Å²) >= 11 is 1.42. The van der Waals surface area contributed by atoms with Gasteiger partial charge in [0.2, 0.25) is 0 Å². The largest absolute Gasteiger partial charge is 0.417 e. The van der Waals surface area contributed by atoms with E-state index in [1.807, 2.05) is 17.9 Å². The Labute approximate surface area is 193 Å². The first-order valence-corrected chi connectivity index (χ1v) is 11.4. The summed E-state index contributed by atoms with van der Waals surface area (Å²) in [6.45, 7) is 3.87. The van der Waals surface area contributed by atoms with Gasteiger partial charge < -0.3 is 14.3 Å². The molecule has 1 aliphatic heterocycles. The lowest BCUT2D eigenvalue weighted by Gasteiger charge is -2.23. The normalized spacial score (nSPS) is 14.9. The SMILES string of the molecule is Cc1cc(CSc2ncccc2C(=O)N2CCCN(c3ccc(C(F)(F)F)cn3)CC2)no1. The van der Waals surface area contributed by atoms with Crippen LogP contribution in [0.4, 0.5) is 19.0 Å². The van der Waals surface area contributed by atoms with E-state index in [1.165, 1.54) is 17.8 Å². The lowest BCUT2D eigenvalue weighted by molar-refractivity contribution is -0.137. The molecule has 0 unspecified atom stereocenters. The third-order valence-electron chi connectivity index (χ3n) is 5.22. The Morgan fingerprint density at radius 1 is 1.15 bits per heavy atom. The van der Waals surface area contributed by atoms with Gasteiger partial charge in [0, 0.05) is 50.4 Å². The number of pyridine rings is 2. The van der Waals surface area contributed by atoms with Crippen LogP contribution in [0.25, 0.3) is 0 Å². The molecule has 33 heavy (non-hydrogen) atoms. The first-order chi connectivity index (χ1) is 15.8. The van der Waals surface area contributed by atoms with Gasteiger partial charge in [0.25, 0.3) is 5.91 Å². The molecule has 4 heterocycles. The van der Waals surface area contributed by atoms with Crippen LogP contribution in [0.3, 0.4) is 0 Å². The molecule has 0 aromatic carbocycles. The molecule has 0 aliphatic carbocycles. The van der Waals surface area contributed by atoms with Gasteiger partial charge in [0.1, 0.15) is 16.6 Å². The predicted molar refractivity (Wildman–Crippen MR) is 117 cm³/mol. The Hall–Kier alpha value is -3.08. The number of nitrogens with zero attached hydrogens (tertiary/aromatic N) is 5. The number of thioether (sulfide) groups is 1. The number of aromatic nitrogens is 3. The van der Waals surface area contributed by atoms with Crippen LogP contribution in [-0.4, -0.2) is 52.1 Å².